The highest BCUT2D eigenvalue weighted by molar-refractivity contribution is 7.86. The third-order valence-electron chi connectivity index (χ3n) is 4.96. The standard InChI is InChI=1S/C16H26BNO3S/c1-12-3-7-16(8-4-12)22(19,20)21-11-13-9-14-5-6-15(10-13)18(14,2)17/h3-4,7-8,13-15H,5-6,9-11H2,1-2,17H3/t13?,14-,15+,18?. The van der Waals surface area contributed by atoms with Crippen LogP contribution < -0.4 is 0 Å². The zero-order valence-corrected chi connectivity index (χ0v) is 13.5. The molecule has 0 N–H and O–H groups in total. The molecule has 4 atom stereocenters. The lowest BCUT2D eigenvalue weighted by atomic mass is 9.86. The van der Waals surface area contributed by atoms with Crippen LogP contribution in [-0.4, -0.2) is 46.5 Å². The topological polar surface area (TPSA) is 43.4 Å². The van der Waals surface area contributed by atoms with Crippen LogP contribution in [0.25, 0.3) is 0 Å². The zero-order valence-electron chi connectivity index (χ0n) is 12.7. The second-order valence-electron chi connectivity index (χ2n) is 6.44. The fourth-order valence-electron chi connectivity index (χ4n) is 3.62. The second kappa shape index (κ2) is 5.66. The van der Waals surface area contributed by atoms with Gasteiger partial charge in [-0.1, -0.05) is 17.7 Å². The van der Waals surface area contributed by atoms with E-state index in [1.54, 1.807) is 12.1 Å². The van der Waals surface area contributed by atoms with E-state index >= 15 is 0 Å². The Bertz CT molecular complexity index is 626. The molecular formula is C16H26BNO3S. The molecule has 0 aromatic heterocycles. The van der Waals surface area contributed by atoms with Crippen molar-refractivity contribution >= 4 is 18.1 Å². The Labute approximate surface area is 134 Å². The van der Waals surface area contributed by atoms with Crippen molar-refractivity contribution < 1.29 is 17.0 Å². The number of piperidine rings is 1. The maximum absolute atomic E-state index is 12.3. The number of quaternary nitrogens is 1. The minimum absolute atomic E-state index is 0.270. The van der Waals surface area contributed by atoms with Gasteiger partial charge in [0.05, 0.1) is 11.5 Å². The molecule has 4 nitrogen and oxygen atoms in total. The van der Waals surface area contributed by atoms with Crippen molar-refractivity contribution in [3.63, 3.8) is 0 Å². The first-order valence-corrected chi connectivity index (χ1v) is 9.04. The van der Waals surface area contributed by atoms with E-state index in [9.17, 15) is 8.42 Å². The van der Waals surface area contributed by atoms with Crippen LogP contribution >= 0.6 is 0 Å². The second-order valence-corrected chi connectivity index (χ2v) is 8.05. The number of hydrogen-bond donors (Lipinski definition) is 0. The van der Waals surface area contributed by atoms with Gasteiger partial charge in [0.1, 0.15) is 0 Å². The molecule has 0 aliphatic carbocycles. The van der Waals surface area contributed by atoms with Gasteiger partial charge >= 0.3 is 0 Å². The van der Waals surface area contributed by atoms with E-state index in [0.29, 0.717) is 12.5 Å². The van der Waals surface area contributed by atoms with Crippen LogP contribution in [0.1, 0.15) is 31.2 Å². The molecule has 22 heavy (non-hydrogen) atoms. The van der Waals surface area contributed by atoms with Crippen LogP contribution in [0.15, 0.2) is 29.2 Å². The summed E-state index contributed by atoms with van der Waals surface area (Å²) in [6.45, 7) is 2.30. The molecule has 0 saturated carbocycles. The lowest BCUT2D eigenvalue weighted by Gasteiger charge is -2.52. The van der Waals surface area contributed by atoms with Crippen LogP contribution in [0, 0.1) is 12.8 Å². The number of benzene rings is 1. The highest BCUT2D eigenvalue weighted by atomic mass is 32.2. The van der Waals surface area contributed by atoms with Gasteiger partial charge in [-0.25, -0.2) is 0 Å². The first-order chi connectivity index (χ1) is 10.3. The van der Waals surface area contributed by atoms with Crippen molar-refractivity contribution in [3.8, 4) is 0 Å². The van der Waals surface area contributed by atoms with Crippen molar-refractivity contribution in [3.05, 3.63) is 29.8 Å². The summed E-state index contributed by atoms with van der Waals surface area (Å²) in [6, 6.07) is 8.43. The molecule has 1 aromatic rings. The Kier molecular flexibility index (Phi) is 4.12. The van der Waals surface area contributed by atoms with E-state index < -0.39 is 10.1 Å². The molecule has 2 aliphatic rings. The lowest BCUT2D eigenvalue weighted by molar-refractivity contribution is -0.842. The predicted octanol–water partition coefficient (Wildman–Crippen LogP) is 1.37. The van der Waals surface area contributed by atoms with Gasteiger partial charge in [-0.05, 0) is 25.0 Å². The average Bonchev–Trinajstić information content (AvgIpc) is 2.66. The molecule has 6 heteroatoms. The lowest BCUT2D eigenvalue weighted by Crippen LogP contribution is -2.56. The van der Waals surface area contributed by atoms with E-state index in [-0.39, 0.29) is 12.9 Å². The summed E-state index contributed by atoms with van der Waals surface area (Å²) in [5, 5.41) is 0. The van der Waals surface area contributed by atoms with Crippen LogP contribution in [0.3, 0.4) is 0 Å². The Hall–Kier alpha value is -0.845. The minimum atomic E-state index is -3.61. The highest BCUT2D eigenvalue weighted by Crippen LogP contribution is 2.42. The van der Waals surface area contributed by atoms with Crippen LogP contribution in [-0.2, 0) is 14.3 Å². The molecule has 1 aromatic carbocycles. The molecule has 0 radical (unpaired) electrons. The summed E-state index contributed by atoms with van der Waals surface area (Å²) in [4.78, 5) is 0.270. The van der Waals surface area contributed by atoms with E-state index in [1.807, 2.05) is 19.1 Å². The summed E-state index contributed by atoms with van der Waals surface area (Å²) >= 11 is 0. The average molecular weight is 323 g/mol. The van der Waals surface area contributed by atoms with Gasteiger partial charge in [0.15, 0.2) is 7.98 Å². The number of rotatable bonds is 4. The highest BCUT2D eigenvalue weighted by Gasteiger charge is 2.44. The SMILES string of the molecule is [BH3-][N+]1(C)[C@@H]2CC[C@H]1CC(COS(=O)(=O)c1ccc(C)cc1)C2. The summed E-state index contributed by atoms with van der Waals surface area (Å²) in [7, 11) is -0.906. The van der Waals surface area contributed by atoms with E-state index in [4.69, 9.17) is 4.18 Å². The van der Waals surface area contributed by atoms with Crippen LogP contribution in [0.2, 0.25) is 0 Å². The maximum Gasteiger partial charge on any atom is 0.296 e. The van der Waals surface area contributed by atoms with Crippen molar-refractivity contribution in [2.45, 2.75) is 49.6 Å². The van der Waals surface area contributed by atoms with Crippen molar-refractivity contribution in [1.82, 2.24) is 0 Å². The van der Waals surface area contributed by atoms with E-state index in [0.717, 1.165) is 30.5 Å². The smallest absolute Gasteiger partial charge is 0.296 e. The third kappa shape index (κ3) is 2.96. The number of nitrogens with zero attached hydrogens (tertiary/aromatic N) is 1. The Morgan fingerprint density at radius 1 is 1.18 bits per heavy atom. The monoisotopic (exact) mass is 323 g/mol. The predicted molar refractivity (Wildman–Crippen MR) is 90.0 cm³/mol. The molecule has 2 aliphatic heterocycles. The summed E-state index contributed by atoms with van der Waals surface area (Å²) in [6.07, 6.45) is 4.93. The van der Waals surface area contributed by atoms with Gasteiger partial charge in [-0.15, -0.1) is 0 Å². The summed E-state index contributed by atoms with van der Waals surface area (Å²) < 4.78 is 31.3. The molecular weight excluding hydrogens is 297 g/mol. The molecule has 3 rings (SSSR count). The van der Waals surface area contributed by atoms with Gasteiger partial charge in [-0.3, -0.25) is 4.18 Å². The Morgan fingerprint density at radius 2 is 1.73 bits per heavy atom. The van der Waals surface area contributed by atoms with Crippen LogP contribution in [0.5, 0.6) is 0 Å². The third-order valence-corrected chi connectivity index (χ3v) is 6.26. The molecule has 2 saturated heterocycles. The minimum Gasteiger partial charge on any atom is -0.520 e. The number of hydrogen-bond acceptors (Lipinski definition) is 3. The quantitative estimate of drug-likeness (QED) is 0.621. The number of aryl methyl sites for hydroxylation is 1. The van der Waals surface area contributed by atoms with E-state index in [1.165, 1.54) is 17.2 Å². The Balaban J connectivity index is 1.62. The largest absolute Gasteiger partial charge is 0.520 e. The molecule has 122 valence electrons. The maximum atomic E-state index is 12.3. The van der Waals surface area contributed by atoms with Crippen molar-refractivity contribution in [2.75, 3.05) is 13.7 Å². The zero-order chi connectivity index (χ0) is 16.0. The fraction of sp³-hybridized carbons (Fsp3) is 0.625. The van der Waals surface area contributed by atoms with Gasteiger partial charge in [0.25, 0.3) is 10.1 Å². The first kappa shape index (κ1) is 16.0. The Morgan fingerprint density at radius 3 is 2.27 bits per heavy atom. The molecule has 2 unspecified atom stereocenters. The first-order valence-electron chi connectivity index (χ1n) is 7.64. The fourth-order valence-corrected chi connectivity index (χ4v) is 4.60. The van der Waals surface area contributed by atoms with Gasteiger partial charge in [0, 0.05) is 44.8 Å². The molecule has 2 heterocycles. The van der Waals surface area contributed by atoms with Gasteiger partial charge in [-0.2, -0.15) is 8.42 Å². The number of fused-ring (bicyclic) bond motifs is 2. The van der Waals surface area contributed by atoms with Gasteiger partial charge in [0.2, 0.25) is 0 Å². The normalized spacial score (nSPS) is 34.8. The summed E-state index contributed by atoms with van der Waals surface area (Å²) in [5.74, 6) is 0.405. The molecule has 2 fully saturated rings. The van der Waals surface area contributed by atoms with Crippen molar-refractivity contribution in [2.24, 2.45) is 5.92 Å². The summed E-state index contributed by atoms with van der Waals surface area (Å²) in [5.41, 5.74) is 1.05. The molecule has 2 bridgehead atoms. The molecule has 0 amide bonds. The van der Waals surface area contributed by atoms with Crippen molar-refractivity contribution in [1.29, 1.82) is 0 Å². The molecule has 0 spiro atoms. The van der Waals surface area contributed by atoms with E-state index in [2.05, 4.69) is 7.05 Å². The van der Waals surface area contributed by atoms with Gasteiger partial charge < -0.3 is 4.39 Å². The van der Waals surface area contributed by atoms with Crippen LogP contribution in [0.4, 0.5) is 0 Å².